The molecule has 1 radical (unpaired) electrons. The summed E-state index contributed by atoms with van der Waals surface area (Å²) >= 11 is 0. The Balaban J connectivity index is 1.81. The molecule has 26 heavy (non-hydrogen) atoms. The molecule has 139 valence electrons. The average molecular weight is 365 g/mol. The standard InChI is InChI=1S/C24H35BP/c1-2-3-4-5-6-13-20-25-21-14-15-22-26(25,23-16-9-7-10-17-23)24-18-11-8-12-19-24/h7-12,16-19H,2-6,13-15,20-22H2,1H3. The lowest BCUT2D eigenvalue weighted by atomic mass is 9.65. The van der Waals surface area contributed by atoms with Crippen molar-refractivity contribution >= 4 is 24.2 Å². The van der Waals surface area contributed by atoms with E-state index in [1.165, 1.54) is 70.2 Å². The van der Waals surface area contributed by atoms with Crippen LogP contribution < -0.4 is 10.6 Å². The lowest BCUT2D eigenvalue weighted by molar-refractivity contribution is 0.623. The predicted octanol–water partition coefficient (Wildman–Crippen LogP) is 6.80. The molecule has 0 saturated carbocycles. The Kier molecular flexibility index (Phi) is 7.81. The Bertz CT molecular complexity index is 586. The summed E-state index contributed by atoms with van der Waals surface area (Å²) in [5, 5.41) is 3.31. The van der Waals surface area contributed by atoms with Crippen LogP contribution in [0.25, 0.3) is 0 Å². The Morgan fingerprint density at radius 1 is 0.731 bits per heavy atom. The van der Waals surface area contributed by atoms with Gasteiger partial charge in [-0.1, -0.05) is 88.3 Å². The van der Waals surface area contributed by atoms with Crippen molar-refractivity contribution < 1.29 is 0 Å². The third kappa shape index (κ3) is 4.61. The van der Waals surface area contributed by atoms with Crippen LogP contribution in [-0.4, -0.2) is 12.6 Å². The van der Waals surface area contributed by atoms with Gasteiger partial charge in [-0.15, -0.1) is 7.14 Å². The topological polar surface area (TPSA) is 0 Å². The summed E-state index contributed by atoms with van der Waals surface area (Å²) in [6, 6.07) is 23.1. The van der Waals surface area contributed by atoms with Crippen molar-refractivity contribution in [3.63, 3.8) is 0 Å². The number of unbranched alkanes of at least 4 members (excludes halogenated alkanes) is 5. The second kappa shape index (κ2) is 10.3. The van der Waals surface area contributed by atoms with Gasteiger partial charge in [0.15, 0.2) is 0 Å². The van der Waals surface area contributed by atoms with E-state index >= 15 is 0 Å². The normalized spacial score (nSPS) is 17.3. The molecule has 1 heterocycles. The van der Waals surface area contributed by atoms with E-state index in [0.29, 0.717) is 0 Å². The number of hydrogen-bond donors (Lipinski definition) is 0. The quantitative estimate of drug-likeness (QED) is 0.260. The first kappa shape index (κ1) is 19.7. The molecule has 0 nitrogen and oxygen atoms in total. The highest BCUT2D eigenvalue weighted by Crippen LogP contribution is 2.64. The Morgan fingerprint density at radius 2 is 1.31 bits per heavy atom. The molecule has 0 aromatic heterocycles. The number of rotatable bonds is 9. The highest BCUT2D eigenvalue weighted by atomic mass is 31.2. The smallest absolute Gasteiger partial charge is 0.0838 e. The maximum absolute atomic E-state index is 2.43. The minimum atomic E-state index is -1.27. The fraction of sp³-hybridized carbons (Fsp3) is 0.500. The SMILES string of the molecule is CCCCCCCC[B-]1CCCC[P+]1(c1ccccc1)c1ccccc1. The zero-order valence-electron chi connectivity index (χ0n) is 16.6. The van der Waals surface area contributed by atoms with Crippen molar-refractivity contribution in [3.8, 4) is 0 Å². The van der Waals surface area contributed by atoms with Crippen molar-refractivity contribution in [2.45, 2.75) is 70.9 Å². The van der Waals surface area contributed by atoms with Gasteiger partial charge in [0.25, 0.3) is 0 Å². The van der Waals surface area contributed by atoms with Crippen molar-refractivity contribution in [1.29, 1.82) is 0 Å². The van der Waals surface area contributed by atoms with E-state index in [1.807, 2.05) is 0 Å². The highest BCUT2D eigenvalue weighted by Gasteiger charge is 2.42. The molecule has 2 aromatic rings. The molecule has 0 aliphatic carbocycles. The van der Waals surface area contributed by atoms with E-state index in [-0.39, 0.29) is 0 Å². The molecule has 2 aromatic carbocycles. The van der Waals surface area contributed by atoms with Gasteiger partial charge in [0, 0.05) is 6.16 Å². The maximum atomic E-state index is 2.43. The van der Waals surface area contributed by atoms with Crippen molar-refractivity contribution in [2.75, 3.05) is 6.16 Å². The van der Waals surface area contributed by atoms with Crippen LogP contribution in [0, 0.1) is 0 Å². The van der Waals surface area contributed by atoms with Gasteiger partial charge >= 0.3 is 0 Å². The van der Waals surface area contributed by atoms with Gasteiger partial charge in [0.1, 0.15) is 0 Å². The van der Waals surface area contributed by atoms with Gasteiger partial charge in [-0.25, -0.2) is 0 Å². The number of hydrogen-bond acceptors (Lipinski definition) is 0. The lowest BCUT2D eigenvalue weighted by Gasteiger charge is -2.47. The maximum Gasteiger partial charge on any atom is 0.0838 e. The third-order valence-corrected chi connectivity index (χ3v) is 11.5. The summed E-state index contributed by atoms with van der Waals surface area (Å²) in [7, 11) is -1.27. The van der Waals surface area contributed by atoms with Gasteiger partial charge in [-0.05, 0) is 30.7 Å². The summed E-state index contributed by atoms with van der Waals surface area (Å²) < 4.78 is 0. The van der Waals surface area contributed by atoms with Crippen LogP contribution in [0.5, 0.6) is 0 Å². The van der Waals surface area contributed by atoms with Gasteiger partial charge in [0.05, 0.1) is 17.0 Å². The van der Waals surface area contributed by atoms with E-state index in [2.05, 4.69) is 67.6 Å². The third-order valence-electron chi connectivity index (χ3n) is 6.25. The molecule has 1 aliphatic rings. The van der Waals surface area contributed by atoms with E-state index < -0.39 is 7.14 Å². The minimum Gasteiger partial charge on any atom is -0.164 e. The highest BCUT2D eigenvalue weighted by molar-refractivity contribution is 8.14. The first-order valence-corrected chi connectivity index (χ1v) is 12.9. The van der Waals surface area contributed by atoms with Crippen LogP contribution in [0.1, 0.15) is 58.3 Å². The Labute approximate surface area is 162 Å². The van der Waals surface area contributed by atoms with Gasteiger partial charge in [0.2, 0.25) is 0 Å². The summed E-state index contributed by atoms with van der Waals surface area (Å²) in [6.45, 7) is 2.31. The predicted molar refractivity (Wildman–Crippen MR) is 122 cm³/mol. The van der Waals surface area contributed by atoms with E-state index in [4.69, 9.17) is 0 Å². The molecule has 0 unspecified atom stereocenters. The largest absolute Gasteiger partial charge is 0.164 e. The van der Waals surface area contributed by atoms with Crippen molar-refractivity contribution in [2.24, 2.45) is 0 Å². The van der Waals surface area contributed by atoms with E-state index in [1.54, 1.807) is 10.6 Å². The lowest BCUT2D eigenvalue weighted by Crippen LogP contribution is -2.38. The van der Waals surface area contributed by atoms with Crippen LogP contribution in [-0.2, 0) is 0 Å². The molecular weight excluding hydrogens is 330 g/mol. The molecule has 3 rings (SSSR count). The summed E-state index contributed by atoms with van der Waals surface area (Å²) in [6.07, 6.45) is 16.5. The first-order valence-electron chi connectivity index (χ1n) is 10.9. The van der Waals surface area contributed by atoms with Gasteiger partial charge in [-0.2, -0.15) is 12.6 Å². The molecule has 1 aliphatic heterocycles. The fourth-order valence-corrected chi connectivity index (χ4v) is 10.3. The van der Waals surface area contributed by atoms with E-state index in [9.17, 15) is 0 Å². The first-order chi connectivity index (χ1) is 12.9. The van der Waals surface area contributed by atoms with Crippen LogP contribution in [0.15, 0.2) is 60.7 Å². The molecule has 0 N–H and O–H groups in total. The summed E-state index contributed by atoms with van der Waals surface area (Å²) in [5.74, 6) is 0. The Morgan fingerprint density at radius 3 is 1.92 bits per heavy atom. The van der Waals surface area contributed by atoms with Crippen LogP contribution in [0.3, 0.4) is 0 Å². The number of benzene rings is 2. The molecule has 0 atom stereocenters. The molecule has 0 bridgehead atoms. The van der Waals surface area contributed by atoms with Gasteiger partial charge in [-0.3, -0.25) is 0 Å². The zero-order chi connectivity index (χ0) is 18.1. The van der Waals surface area contributed by atoms with Gasteiger partial charge < -0.3 is 0 Å². The van der Waals surface area contributed by atoms with Crippen LogP contribution in [0.2, 0.25) is 12.6 Å². The minimum absolute atomic E-state index is 0.896. The average Bonchev–Trinajstić information content (AvgIpc) is 2.72. The monoisotopic (exact) mass is 365 g/mol. The van der Waals surface area contributed by atoms with Crippen LogP contribution in [0.4, 0.5) is 0 Å². The molecule has 2 heteroatoms. The fourth-order valence-electron chi connectivity index (χ4n) is 4.89. The summed E-state index contributed by atoms with van der Waals surface area (Å²) in [4.78, 5) is 0. The molecule has 0 amide bonds. The van der Waals surface area contributed by atoms with Crippen molar-refractivity contribution in [1.82, 2.24) is 0 Å². The van der Waals surface area contributed by atoms with E-state index in [0.717, 1.165) is 6.43 Å². The van der Waals surface area contributed by atoms with Crippen LogP contribution >= 0.6 is 7.14 Å². The molecule has 1 saturated heterocycles. The molecule has 0 spiro atoms. The van der Waals surface area contributed by atoms with Crippen molar-refractivity contribution in [3.05, 3.63) is 60.7 Å². The zero-order valence-corrected chi connectivity index (χ0v) is 17.5. The second-order valence-corrected chi connectivity index (χ2v) is 11.9. The second-order valence-electron chi connectivity index (χ2n) is 7.97. The summed E-state index contributed by atoms with van der Waals surface area (Å²) in [5.41, 5.74) is 0. The Hall–Kier alpha value is -1.07. The molecule has 1 fully saturated rings. The molecular formula is C24H35BP.